The highest BCUT2D eigenvalue weighted by molar-refractivity contribution is 5.46. The number of fused-ring (bicyclic) bond motifs is 2. The zero-order valence-electron chi connectivity index (χ0n) is 12.2. The van der Waals surface area contributed by atoms with Gasteiger partial charge in [-0.3, -0.25) is 0 Å². The van der Waals surface area contributed by atoms with Crippen LogP contribution in [0.25, 0.3) is 0 Å². The van der Waals surface area contributed by atoms with Gasteiger partial charge in [0, 0.05) is 24.8 Å². The largest absolute Gasteiger partial charge is 0.353 e. The number of pyridine rings is 1. The lowest BCUT2D eigenvalue weighted by atomic mass is 10.1. The lowest BCUT2D eigenvalue weighted by molar-refractivity contribution is 0.549. The van der Waals surface area contributed by atoms with Crippen molar-refractivity contribution in [3.8, 4) is 0 Å². The number of hydrogen-bond donors (Lipinski definition) is 1. The van der Waals surface area contributed by atoms with E-state index in [-0.39, 0.29) is 0 Å². The second kappa shape index (κ2) is 5.49. The molecule has 1 saturated carbocycles. The van der Waals surface area contributed by atoms with E-state index in [0.29, 0.717) is 0 Å². The van der Waals surface area contributed by atoms with Crippen LogP contribution in [0.4, 0.5) is 5.82 Å². The van der Waals surface area contributed by atoms with Crippen molar-refractivity contribution in [3.05, 3.63) is 23.4 Å². The molecule has 2 bridgehead atoms. The number of aryl methyl sites for hydroxylation is 1. The van der Waals surface area contributed by atoms with E-state index in [1.165, 1.54) is 42.9 Å². The molecule has 2 aliphatic rings. The Bertz CT molecular complexity index is 444. The van der Waals surface area contributed by atoms with Crippen molar-refractivity contribution in [2.24, 2.45) is 5.92 Å². The van der Waals surface area contributed by atoms with E-state index < -0.39 is 0 Å². The van der Waals surface area contributed by atoms with Gasteiger partial charge in [-0.05, 0) is 55.8 Å². The van der Waals surface area contributed by atoms with Gasteiger partial charge in [-0.25, -0.2) is 4.98 Å². The van der Waals surface area contributed by atoms with Crippen molar-refractivity contribution in [2.75, 3.05) is 18.0 Å². The third-order valence-electron chi connectivity index (χ3n) is 4.57. The zero-order chi connectivity index (χ0) is 13.2. The molecule has 1 saturated heterocycles. The van der Waals surface area contributed by atoms with Gasteiger partial charge in [-0.1, -0.05) is 13.8 Å². The molecule has 3 heteroatoms. The number of hydrogen-bond acceptors (Lipinski definition) is 3. The summed E-state index contributed by atoms with van der Waals surface area (Å²) in [4.78, 5) is 7.42. The molecule has 19 heavy (non-hydrogen) atoms. The molecule has 1 aliphatic carbocycles. The van der Waals surface area contributed by atoms with Crippen LogP contribution in [-0.2, 0) is 13.0 Å². The van der Waals surface area contributed by atoms with E-state index in [1.807, 2.05) is 0 Å². The molecule has 2 heterocycles. The molecule has 0 spiro atoms. The van der Waals surface area contributed by atoms with Crippen LogP contribution in [-0.4, -0.2) is 24.1 Å². The topological polar surface area (TPSA) is 28.2 Å². The number of anilines is 1. The summed E-state index contributed by atoms with van der Waals surface area (Å²) in [5, 5.41) is 3.42. The fraction of sp³-hybridized carbons (Fsp3) is 0.688. The van der Waals surface area contributed by atoms with Crippen LogP contribution in [0.3, 0.4) is 0 Å². The number of rotatable bonds is 5. The predicted molar refractivity (Wildman–Crippen MR) is 79.5 cm³/mol. The quantitative estimate of drug-likeness (QED) is 0.881. The Balaban J connectivity index is 1.83. The Morgan fingerprint density at radius 3 is 2.84 bits per heavy atom. The van der Waals surface area contributed by atoms with Crippen LogP contribution < -0.4 is 10.2 Å². The zero-order valence-corrected chi connectivity index (χ0v) is 12.2. The van der Waals surface area contributed by atoms with Crippen molar-refractivity contribution in [3.63, 3.8) is 0 Å². The second-order valence-electron chi connectivity index (χ2n) is 5.94. The van der Waals surface area contributed by atoms with Gasteiger partial charge in [0.05, 0.1) is 0 Å². The average Bonchev–Trinajstić information content (AvgIpc) is 3.07. The van der Waals surface area contributed by atoms with Gasteiger partial charge < -0.3 is 10.2 Å². The van der Waals surface area contributed by atoms with Crippen molar-refractivity contribution in [1.29, 1.82) is 0 Å². The summed E-state index contributed by atoms with van der Waals surface area (Å²) in [6.45, 7) is 7.56. The maximum absolute atomic E-state index is 4.86. The number of nitrogens with one attached hydrogen (secondary N) is 1. The highest BCUT2D eigenvalue weighted by Gasteiger charge is 2.38. The molecule has 1 aromatic heterocycles. The monoisotopic (exact) mass is 259 g/mol. The first-order valence-corrected chi connectivity index (χ1v) is 7.77. The summed E-state index contributed by atoms with van der Waals surface area (Å²) in [6.07, 6.45) is 5.21. The van der Waals surface area contributed by atoms with Gasteiger partial charge >= 0.3 is 0 Å². The molecule has 0 aromatic carbocycles. The Morgan fingerprint density at radius 1 is 1.32 bits per heavy atom. The molecule has 0 radical (unpaired) electrons. The Labute approximate surface area is 116 Å². The Kier molecular flexibility index (Phi) is 3.74. The van der Waals surface area contributed by atoms with Crippen molar-refractivity contribution in [1.82, 2.24) is 10.3 Å². The summed E-state index contributed by atoms with van der Waals surface area (Å²) >= 11 is 0. The summed E-state index contributed by atoms with van der Waals surface area (Å²) in [5.74, 6) is 2.15. The maximum Gasteiger partial charge on any atom is 0.129 e. The molecule has 0 amide bonds. The molecule has 2 atom stereocenters. The molecule has 1 aliphatic heterocycles. The van der Waals surface area contributed by atoms with E-state index in [9.17, 15) is 0 Å². The normalized spacial score (nSPS) is 25.3. The predicted octanol–water partition coefficient (Wildman–Crippen LogP) is 2.74. The van der Waals surface area contributed by atoms with Gasteiger partial charge in [0.15, 0.2) is 0 Å². The smallest absolute Gasteiger partial charge is 0.129 e. The molecule has 1 aromatic rings. The third-order valence-corrected chi connectivity index (χ3v) is 4.57. The van der Waals surface area contributed by atoms with Crippen LogP contribution in [0.15, 0.2) is 12.1 Å². The molecular formula is C16H25N3. The van der Waals surface area contributed by atoms with E-state index in [1.54, 1.807) is 0 Å². The van der Waals surface area contributed by atoms with Gasteiger partial charge in [0.1, 0.15) is 5.82 Å². The summed E-state index contributed by atoms with van der Waals surface area (Å²) in [6, 6.07) is 5.31. The van der Waals surface area contributed by atoms with E-state index >= 15 is 0 Å². The number of aromatic nitrogens is 1. The van der Waals surface area contributed by atoms with Crippen LogP contribution in [0.2, 0.25) is 0 Å². The minimum atomic E-state index is 0.761. The molecular weight excluding hydrogens is 234 g/mol. The highest BCUT2D eigenvalue weighted by Crippen LogP contribution is 2.39. The van der Waals surface area contributed by atoms with E-state index in [2.05, 4.69) is 36.2 Å². The van der Waals surface area contributed by atoms with Crippen LogP contribution >= 0.6 is 0 Å². The summed E-state index contributed by atoms with van der Waals surface area (Å²) in [7, 11) is 0. The number of nitrogens with zero attached hydrogens (tertiary/aromatic N) is 2. The van der Waals surface area contributed by atoms with Crippen LogP contribution in [0.5, 0.6) is 0 Å². The van der Waals surface area contributed by atoms with Gasteiger partial charge in [-0.2, -0.15) is 0 Å². The van der Waals surface area contributed by atoms with Crippen molar-refractivity contribution in [2.45, 2.75) is 52.1 Å². The standard InChI is InChI=1S/C16H25N3/c1-3-14-7-13(10-17-4-2)9-16(18-14)19-11-12-5-6-15(19)8-12/h7,9,12,15,17H,3-6,8,10-11H2,1-2H3. The van der Waals surface area contributed by atoms with Crippen molar-refractivity contribution >= 4 is 5.82 Å². The molecule has 1 N–H and O–H groups in total. The number of piperidine rings is 1. The average molecular weight is 259 g/mol. The lowest BCUT2D eigenvalue weighted by Crippen LogP contribution is -2.32. The van der Waals surface area contributed by atoms with Crippen LogP contribution in [0.1, 0.15) is 44.4 Å². The Morgan fingerprint density at radius 2 is 2.21 bits per heavy atom. The summed E-state index contributed by atoms with van der Waals surface area (Å²) in [5.41, 5.74) is 2.61. The molecule has 104 valence electrons. The van der Waals surface area contributed by atoms with E-state index in [0.717, 1.165) is 31.5 Å². The van der Waals surface area contributed by atoms with Gasteiger partial charge in [0.2, 0.25) is 0 Å². The third kappa shape index (κ3) is 2.62. The lowest BCUT2D eigenvalue weighted by Gasteiger charge is -2.28. The van der Waals surface area contributed by atoms with Gasteiger partial charge in [-0.15, -0.1) is 0 Å². The van der Waals surface area contributed by atoms with E-state index in [4.69, 9.17) is 4.98 Å². The maximum atomic E-state index is 4.86. The minimum Gasteiger partial charge on any atom is -0.353 e. The highest BCUT2D eigenvalue weighted by atomic mass is 15.2. The minimum absolute atomic E-state index is 0.761. The fourth-order valence-electron chi connectivity index (χ4n) is 3.54. The van der Waals surface area contributed by atoms with Gasteiger partial charge in [0.25, 0.3) is 0 Å². The first kappa shape index (κ1) is 12.9. The van der Waals surface area contributed by atoms with Crippen LogP contribution in [0, 0.1) is 5.92 Å². The first-order valence-electron chi connectivity index (χ1n) is 7.77. The molecule has 3 nitrogen and oxygen atoms in total. The second-order valence-corrected chi connectivity index (χ2v) is 5.94. The summed E-state index contributed by atoms with van der Waals surface area (Å²) < 4.78 is 0. The van der Waals surface area contributed by atoms with Crippen molar-refractivity contribution < 1.29 is 0 Å². The molecule has 2 fully saturated rings. The molecule has 2 unspecified atom stereocenters. The Hall–Kier alpha value is -1.09. The SMILES string of the molecule is CCNCc1cc(CC)nc(N2CC3CCC2C3)c1. The molecule has 3 rings (SSSR count). The fourth-order valence-corrected chi connectivity index (χ4v) is 3.54. The first-order chi connectivity index (χ1) is 9.30.